The van der Waals surface area contributed by atoms with Crippen LogP contribution in [-0.2, 0) is 12.8 Å². The van der Waals surface area contributed by atoms with Gasteiger partial charge in [-0.25, -0.2) is 4.98 Å². The predicted molar refractivity (Wildman–Crippen MR) is 134 cm³/mol. The molecule has 0 bridgehead atoms. The van der Waals surface area contributed by atoms with Crippen LogP contribution in [0.15, 0.2) is 71.3 Å². The van der Waals surface area contributed by atoms with Gasteiger partial charge in [0.25, 0.3) is 0 Å². The first kappa shape index (κ1) is 23.9. The van der Waals surface area contributed by atoms with Gasteiger partial charge >= 0.3 is 0 Å². The summed E-state index contributed by atoms with van der Waals surface area (Å²) in [6.07, 6.45) is 17.0. The van der Waals surface area contributed by atoms with Crippen LogP contribution in [0.3, 0.4) is 0 Å². The fourth-order valence-electron chi connectivity index (χ4n) is 2.56. The van der Waals surface area contributed by atoms with Crippen molar-refractivity contribution in [2.75, 3.05) is 0 Å². The summed E-state index contributed by atoms with van der Waals surface area (Å²) in [5.41, 5.74) is 2.39. The first-order valence-corrected chi connectivity index (χ1v) is 12.1. The zero-order valence-corrected chi connectivity index (χ0v) is 19.9. The highest BCUT2D eigenvalue weighted by atomic mass is 32.1. The van der Waals surface area contributed by atoms with Gasteiger partial charge in [0.2, 0.25) is 0 Å². The molecule has 3 nitrogen and oxygen atoms in total. The first-order valence-electron chi connectivity index (χ1n) is 10.4. The van der Waals surface area contributed by atoms with Crippen molar-refractivity contribution in [3.63, 3.8) is 0 Å². The lowest BCUT2D eigenvalue weighted by Crippen LogP contribution is -1.95. The number of pyridine rings is 1. The molecule has 0 radical (unpaired) electrons. The van der Waals surface area contributed by atoms with Crippen LogP contribution in [0.2, 0.25) is 0 Å². The third-order valence-corrected chi connectivity index (χ3v) is 6.62. The molecule has 0 N–H and O–H groups in total. The average Bonchev–Trinajstić information content (AvgIpc) is 3.51. The molecule has 1 atom stereocenters. The highest BCUT2D eigenvalue weighted by Gasteiger charge is 2.10. The monoisotopic (exact) mass is 437 g/mol. The third-order valence-electron chi connectivity index (χ3n) is 4.36. The molecule has 0 aliphatic carbocycles. The number of nitrogens with zero attached hydrogens (tertiary/aromatic N) is 3. The summed E-state index contributed by atoms with van der Waals surface area (Å²) in [7, 11) is 0. The normalized spacial score (nSPS) is 14.7. The van der Waals surface area contributed by atoms with Crippen molar-refractivity contribution in [3.8, 4) is 10.6 Å². The van der Waals surface area contributed by atoms with E-state index in [1.807, 2.05) is 74.0 Å². The van der Waals surface area contributed by atoms with E-state index in [1.54, 1.807) is 17.5 Å². The minimum atomic E-state index is 0.376. The van der Waals surface area contributed by atoms with Crippen molar-refractivity contribution in [2.24, 2.45) is 4.99 Å². The number of dihydropyridines is 1. The van der Waals surface area contributed by atoms with Gasteiger partial charge in [0.1, 0.15) is 0 Å². The van der Waals surface area contributed by atoms with Gasteiger partial charge in [-0.3, -0.25) is 9.98 Å². The Morgan fingerprint density at radius 1 is 1.10 bits per heavy atom. The highest BCUT2D eigenvalue weighted by Crippen LogP contribution is 2.28. The van der Waals surface area contributed by atoms with E-state index in [-0.39, 0.29) is 0 Å². The van der Waals surface area contributed by atoms with Crippen molar-refractivity contribution in [3.05, 3.63) is 81.8 Å². The molecule has 4 heterocycles. The fraction of sp³-hybridized carbons (Fsp3) is 0.320. The molecule has 5 heteroatoms. The molecular weight excluding hydrogens is 406 g/mol. The van der Waals surface area contributed by atoms with E-state index in [1.165, 1.54) is 15.4 Å². The van der Waals surface area contributed by atoms with Crippen LogP contribution in [0.25, 0.3) is 10.6 Å². The van der Waals surface area contributed by atoms with E-state index in [0.29, 0.717) is 6.04 Å². The zero-order valence-electron chi connectivity index (χ0n) is 18.3. The quantitative estimate of drug-likeness (QED) is 0.392. The van der Waals surface area contributed by atoms with Gasteiger partial charge in [0, 0.05) is 23.5 Å². The molecule has 0 amide bonds. The van der Waals surface area contributed by atoms with Crippen LogP contribution >= 0.6 is 22.7 Å². The SMILES string of the molecule is CC=CC.CCc1cc(C2CC=CC=N2)cs1.CCc1ncc(-c2ccccn2)s1. The number of aromatic nitrogens is 2. The van der Waals surface area contributed by atoms with Crippen LogP contribution in [0, 0.1) is 0 Å². The summed E-state index contributed by atoms with van der Waals surface area (Å²) in [5.74, 6) is 0. The molecule has 3 aromatic rings. The Labute approximate surface area is 189 Å². The molecule has 158 valence electrons. The first-order chi connectivity index (χ1) is 14.7. The number of aryl methyl sites for hydroxylation is 2. The summed E-state index contributed by atoms with van der Waals surface area (Å²) in [4.78, 5) is 15.6. The number of allylic oxidation sites excluding steroid dienone is 3. The van der Waals surface area contributed by atoms with Crippen LogP contribution in [0.1, 0.15) is 55.6 Å². The number of rotatable bonds is 4. The lowest BCUT2D eigenvalue weighted by atomic mass is 10.1. The van der Waals surface area contributed by atoms with E-state index < -0.39 is 0 Å². The summed E-state index contributed by atoms with van der Waals surface area (Å²) in [6, 6.07) is 8.58. The van der Waals surface area contributed by atoms with Crippen molar-refractivity contribution in [1.29, 1.82) is 0 Å². The molecule has 0 fully saturated rings. The van der Waals surface area contributed by atoms with Gasteiger partial charge in [-0.2, -0.15) is 0 Å². The maximum atomic E-state index is 4.44. The third kappa shape index (κ3) is 7.81. The Morgan fingerprint density at radius 3 is 2.47 bits per heavy atom. The molecular formula is C25H31N3S2. The summed E-state index contributed by atoms with van der Waals surface area (Å²) in [5, 5.41) is 3.40. The molecule has 30 heavy (non-hydrogen) atoms. The number of thiophene rings is 1. The number of hydrogen-bond donors (Lipinski definition) is 0. The second-order valence-electron chi connectivity index (χ2n) is 6.53. The van der Waals surface area contributed by atoms with Gasteiger partial charge in [0.15, 0.2) is 0 Å². The molecule has 3 aromatic heterocycles. The molecule has 4 rings (SSSR count). The summed E-state index contributed by atoms with van der Waals surface area (Å²) >= 11 is 3.56. The van der Waals surface area contributed by atoms with Crippen LogP contribution in [0.4, 0.5) is 0 Å². The van der Waals surface area contributed by atoms with Crippen LogP contribution in [-0.4, -0.2) is 16.2 Å². The lowest BCUT2D eigenvalue weighted by Gasteiger charge is -2.09. The Hall–Kier alpha value is -2.37. The van der Waals surface area contributed by atoms with Gasteiger partial charge in [-0.05, 0) is 68.3 Å². The highest BCUT2D eigenvalue weighted by molar-refractivity contribution is 7.15. The minimum Gasteiger partial charge on any atom is -0.285 e. The van der Waals surface area contributed by atoms with E-state index >= 15 is 0 Å². The van der Waals surface area contributed by atoms with E-state index in [9.17, 15) is 0 Å². The van der Waals surface area contributed by atoms with Crippen LogP contribution < -0.4 is 0 Å². The Bertz CT molecular complexity index is 932. The minimum absolute atomic E-state index is 0.376. The zero-order chi connectivity index (χ0) is 21.6. The van der Waals surface area contributed by atoms with Crippen molar-refractivity contribution >= 4 is 28.9 Å². The summed E-state index contributed by atoms with van der Waals surface area (Å²) < 4.78 is 0. The van der Waals surface area contributed by atoms with Gasteiger partial charge in [-0.15, -0.1) is 22.7 Å². The standard InChI is InChI=1S/C11H13NS.C10H10N2S.C4H8/c1-2-10-7-9(8-13-10)11-5-3-4-6-12-11;1-2-10-12-7-9(13-10)8-5-3-4-6-11-8;1-3-4-2/h3-4,6-8,11H,2,5H2,1H3;3-7H,2H2,1H3;3-4H,1-2H3. The molecule has 0 spiro atoms. The van der Waals surface area contributed by atoms with E-state index in [2.05, 4.69) is 46.3 Å². The van der Waals surface area contributed by atoms with Crippen molar-refractivity contribution in [2.45, 2.75) is 53.0 Å². The van der Waals surface area contributed by atoms with Gasteiger partial charge < -0.3 is 0 Å². The predicted octanol–water partition coefficient (Wildman–Crippen LogP) is 7.73. The maximum absolute atomic E-state index is 4.44. The second kappa shape index (κ2) is 13.8. The molecule has 1 aliphatic heterocycles. The lowest BCUT2D eigenvalue weighted by molar-refractivity contribution is 0.743. The number of thiazole rings is 1. The Kier molecular flexibility index (Phi) is 11.0. The van der Waals surface area contributed by atoms with Gasteiger partial charge in [0.05, 0.1) is 21.6 Å². The number of hydrogen-bond acceptors (Lipinski definition) is 5. The average molecular weight is 438 g/mol. The second-order valence-corrected chi connectivity index (χ2v) is 8.64. The largest absolute Gasteiger partial charge is 0.285 e. The maximum Gasteiger partial charge on any atom is 0.0929 e. The fourth-order valence-corrected chi connectivity index (χ4v) is 4.28. The van der Waals surface area contributed by atoms with E-state index in [0.717, 1.165) is 29.8 Å². The van der Waals surface area contributed by atoms with Gasteiger partial charge in [-0.1, -0.05) is 38.1 Å². The molecule has 1 aliphatic rings. The Morgan fingerprint density at radius 2 is 1.93 bits per heavy atom. The Balaban J connectivity index is 0.000000182. The molecule has 0 saturated heterocycles. The summed E-state index contributed by atoms with van der Waals surface area (Å²) in [6.45, 7) is 8.31. The number of aliphatic imine (C=N–C) groups is 1. The smallest absolute Gasteiger partial charge is 0.0929 e. The van der Waals surface area contributed by atoms with Crippen molar-refractivity contribution in [1.82, 2.24) is 9.97 Å². The molecule has 0 saturated carbocycles. The van der Waals surface area contributed by atoms with Crippen molar-refractivity contribution < 1.29 is 0 Å². The molecule has 1 unspecified atom stereocenters. The van der Waals surface area contributed by atoms with Crippen LogP contribution in [0.5, 0.6) is 0 Å². The topological polar surface area (TPSA) is 38.1 Å². The molecule has 0 aromatic carbocycles. The van der Waals surface area contributed by atoms with E-state index in [4.69, 9.17) is 0 Å².